The Labute approximate surface area is 134 Å². The van der Waals surface area contributed by atoms with Crippen molar-refractivity contribution in [2.24, 2.45) is 0 Å². The molecule has 0 saturated heterocycles. The number of sulfonamides is 1. The molecule has 1 rings (SSSR count). The zero-order valence-electron chi connectivity index (χ0n) is 14.1. The van der Waals surface area contributed by atoms with Crippen molar-refractivity contribution in [2.75, 3.05) is 19.6 Å². The standard InChI is InChI=1S/C16H28N2O3S/c1-6-18(7-2)22(20,21)15-10-8-14(9-11-15)13(3)17-12-16(4,5)19/h8-11,13,17,19H,6-7,12H2,1-5H3. The molecule has 0 saturated carbocycles. The van der Waals surface area contributed by atoms with E-state index in [0.29, 0.717) is 24.5 Å². The van der Waals surface area contributed by atoms with Crippen LogP contribution in [-0.2, 0) is 10.0 Å². The van der Waals surface area contributed by atoms with Crippen LogP contribution in [-0.4, -0.2) is 43.1 Å². The van der Waals surface area contributed by atoms with Gasteiger partial charge in [-0.1, -0.05) is 26.0 Å². The molecule has 1 aromatic carbocycles. The Morgan fingerprint density at radius 3 is 2.09 bits per heavy atom. The summed E-state index contributed by atoms with van der Waals surface area (Å²) in [5.41, 5.74) is 0.211. The molecular weight excluding hydrogens is 300 g/mol. The first-order valence-corrected chi connectivity index (χ1v) is 9.11. The van der Waals surface area contributed by atoms with E-state index >= 15 is 0 Å². The zero-order valence-corrected chi connectivity index (χ0v) is 14.9. The lowest BCUT2D eigenvalue weighted by Gasteiger charge is -2.22. The first-order chi connectivity index (χ1) is 10.1. The number of benzene rings is 1. The molecule has 0 aliphatic carbocycles. The lowest BCUT2D eigenvalue weighted by molar-refractivity contribution is 0.0770. The lowest BCUT2D eigenvalue weighted by atomic mass is 10.1. The van der Waals surface area contributed by atoms with Crippen LogP contribution < -0.4 is 5.32 Å². The van der Waals surface area contributed by atoms with Crippen molar-refractivity contribution in [3.63, 3.8) is 0 Å². The summed E-state index contributed by atoms with van der Waals surface area (Å²) in [5.74, 6) is 0. The Hall–Kier alpha value is -0.950. The monoisotopic (exact) mass is 328 g/mol. The predicted octanol–water partition coefficient (Wildman–Crippen LogP) is 2.14. The van der Waals surface area contributed by atoms with E-state index in [9.17, 15) is 13.5 Å². The van der Waals surface area contributed by atoms with Gasteiger partial charge in [0.15, 0.2) is 0 Å². The Morgan fingerprint density at radius 1 is 1.18 bits per heavy atom. The average molecular weight is 328 g/mol. The summed E-state index contributed by atoms with van der Waals surface area (Å²) < 4.78 is 26.3. The summed E-state index contributed by atoms with van der Waals surface area (Å²) >= 11 is 0. The Kier molecular flexibility index (Phi) is 6.55. The van der Waals surface area contributed by atoms with Gasteiger partial charge < -0.3 is 10.4 Å². The number of nitrogens with one attached hydrogen (secondary N) is 1. The third kappa shape index (κ3) is 5.05. The highest BCUT2D eigenvalue weighted by Gasteiger charge is 2.21. The number of rotatable bonds is 8. The van der Waals surface area contributed by atoms with Gasteiger partial charge in [0.25, 0.3) is 0 Å². The molecule has 6 heteroatoms. The lowest BCUT2D eigenvalue weighted by Crippen LogP contribution is -2.36. The SMILES string of the molecule is CCN(CC)S(=O)(=O)c1ccc(C(C)NCC(C)(C)O)cc1. The molecule has 2 N–H and O–H groups in total. The Balaban J connectivity index is 2.87. The Morgan fingerprint density at radius 2 is 1.68 bits per heavy atom. The van der Waals surface area contributed by atoms with Crippen LogP contribution in [0.4, 0.5) is 0 Å². The topological polar surface area (TPSA) is 69.6 Å². The second-order valence-corrected chi connectivity index (χ2v) is 8.01. The fraction of sp³-hybridized carbons (Fsp3) is 0.625. The molecule has 1 atom stereocenters. The molecule has 5 nitrogen and oxygen atoms in total. The molecule has 0 aromatic heterocycles. The minimum Gasteiger partial charge on any atom is -0.389 e. The zero-order chi connectivity index (χ0) is 17.0. The maximum Gasteiger partial charge on any atom is 0.243 e. The minimum absolute atomic E-state index is 0.0385. The van der Waals surface area contributed by atoms with Crippen LogP contribution in [0.1, 0.15) is 46.2 Å². The van der Waals surface area contributed by atoms with E-state index in [1.54, 1.807) is 26.0 Å². The molecule has 0 aliphatic heterocycles. The summed E-state index contributed by atoms with van der Waals surface area (Å²) in [6.45, 7) is 10.5. The quantitative estimate of drug-likeness (QED) is 0.767. The van der Waals surface area contributed by atoms with Crippen molar-refractivity contribution in [1.29, 1.82) is 0 Å². The summed E-state index contributed by atoms with van der Waals surface area (Å²) in [5, 5.41) is 13.0. The second-order valence-electron chi connectivity index (χ2n) is 6.07. The molecule has 22 heavy (non-hydrogen) atoms. The molecule has 0 aliphatic rings. The van der Waals surface area contributed by atoms with Gasteiger partial charge in [-0.3, -0.25) is 0 Å². The van der Waals surface area contributed by atoms with Crippen LogP contribution in [0.5, 0.6) is 0 Å². The van der Waals surface area contributed by atoms with E-state index in [1.807, 2.05) is 32.9 Å². The van der Waals surface area contributed by atoms with Crippen molar-refractivity contribution < 1.29 is 13.5 Å². The number of hydrogen-bond acceptors (Lipinski definition) is 4. The third-order valence-electron chi connectivity index (χ3n) is 3.56. The molecule has 1 unspecified atom stereocenters. The van der Waals surface area contributed by atoms with Crippen LogP contribution in [0, 0.1) is 0 Å². The highest BCUT2D eigenvalue weighted by molar-refractivity contribution is 7.89. The molecule has 0 spiro atoms. The van der Waals surface area contributed by atoms with Gasteiger partial charge in [0.1, 0.15) is 0 Å². The normalized spacial score (nSPS) is 14.3. The van der Waals surface area contributed by atoms with Gasteiger partial charge in [-0.25, -0.2) is 8.42 Å². The van der Waals surface area contributed by atoms with E-state index in [2.05, 4.69) is 5.32 Å². The molecule has 1 aromatic rings. The van der Waals surface area contributed by atoms with E-state index in [1.165, 1.54) is 4.31 Å². The summed E-state index contributed by atoms with van der Waals surface area (Å²) in [4.78, 5) is 0.314. The minimum atomic E-state index is -3.41. The predicted molar refractivity (Wildman–Crippen MR) is 89.3 cm³/mol. The third-order valence-corrected chi connectivity index (χ3v) is 5.63. The number of hydrogen-bond donors (Lipinski definition) is 2. The summed E-state index contributed by atoms with van der Waals surface area (Å²) in [6.07, 6.45) is 0. The summed E-state index contributed by atoms with van der Waals surface area (Å²) in [6, 6.07) is 6.96. The molecule has 0 heterocycles. The van der Waals surface area contributed by atoms with E-state index in [0.717, 1.165) is 5.56 Å². The van der Waals surface area contributed by atoms with Crippen molar-refractivity contribution in [3.05, 3.63) is 29.8 Å². The van der Waals surface area contributed by atoms with Crippen molar-refractivity contribution in [2.45, 2.75) is 51.2 Å². The van der Waals surface area contributed by atoms with Crippen molar-refractivity contribution >= 4 is 10.0 Å². The highest BCUT2D eigenvalue weighted by Crippen LogP contribution is 2.19. The first-order valence-electron chi connectivity index (χ1n) is 7.67. The average Bonchev–Trinajstić information content (AvgIpc) is 2.45. The largest absolute Gasteiger partial charge is 0.389 e. The highest BCUT2D eigenvalue weighted by atomic mass is 32.2. The van der Waals surface area contributed by atoms with Gasteiger partial charge in [-0.2, -0.15) is 4.31 Å². The van der Waals surface area contributed by atoms with Crippen LogP contribution >= 0.6 is 0 Å². The number of nitrogens with zero attached hydrogens (tertiary/aromatic N) is 1. The maximum atomic E-state index is 12.4. The fourth-order valence-corrected chi connectivity index (χ4v) is 3.62. The number of aliphatic hydroxyl groups is 1. The second kappa shape index (κ2) is 7.55. The van der Waals surface area contributed by atoms with Gasteiger partial charge in [-0.15, -0.1) is 0 Å². The van der Waals surface area contributed by atoms with E-state index in [-0.39, 0.29) is 6.04 Å². The summed E-state index contributed by atoms with van der Waals surface area (Å²) in [7, 11) is -3.41. The van der Waals surface area contributed by atoms with E-state index < -0.39 is 15.6 Å². The van der Waals surface area contributed by atoms with Gasteiger partial charge in [0.05, 0.1) is 10.5 Å². The molecule has 0 bridgehead atoms. The maximum absolute atomic E-state index is 12.4. The van der Waals surface area contributed by atoms with Crippen LogP contribution in [0.2, 0.25) is 0 Å². The first kappa shape index (κ1) is 19.1. The van der Waals surface area contributed by atoms with Crippen molar-refractivity contribution in [1.82, 2.24) is 9.62 Å². The van der Waals surface area contributed by atoms with Gasteiger partial charge >= 0.3 is 0 Å². The van der Waals surface area contributed by atoms with Gasteiger partial charge in [0, 0.05) is 25.7 Å². The fourth-order valence-electron chi connectivity index (χ4n) is 2.16. The molecule has 126 valence electrons. The smallest absolute Gasteiger partial charge is 0.243 e. The molecule has 0 radical (unpaired) electrons. The van der Waals surface area contributed by atoms with Gasteiger partial charge in [0.2, 0.25) is 10.0 Å². The molecule has 0 fully saturated rings. The van der Waals surface area contributed by atoms with Crippen LogP contribution in [0.3, 0.4) is 0 Å². The van der Waals surface area contributed by atoms with Gasteiger partial charge in [-0.05, 0) is 38.5 Å². The Bertz CT molecular complexity index is 558. The molecule has 0 amide bonds. The molecular formula is C16H28N2O3S. The van der Waals surface area contributed by atoms with Crippen LogP contribution in [0.15, 0.2) is 29.2 Å². The van der Waals surface area contributed by atoms with Crippen LogP contribution in [0.25, 0.3) is 0 Å². The van der Waals surface area contributed by atoms with Crippen molar-refractivity contribution in [3.8, 4) is 0 Å². The van der Waals surface area contributed by atoms with E-state index in [4.69, 9.17) is 0 Å².